The van der Waals surface area contributed by atoms with Crippen molar-refractivity contribution in [2.45, 2.75) is 39.3 Å². The van der Waals surface area contributed by atoms with Crippen molar-refractivity contribution in [3.8, 4) is 12.1 Å². The number of hydrogen-bond acceptors (Lipinski definition) is 5. The summed E-state index contributed by atoms with van der Waals surface area (Å²) >= 11 is 27.2. The maximum absolute atomic E-state index is 15.8. The summed E-state index contributed by atoms with van der Waals surface area (Å²) in [6.45, 7) is 2.56. The first kappa shape index (κ1) is 26.8. The minimum atomic E-state index is -0.818. The molecule has 0 saturated carbocycles. The summed E-state index contributed by atoms with van der Waals surface area (Å²) in [7, 11) is 0. The molecule has 0 aliphatic rings. The van der Waals surface area contributed by atoms with Gasteiger partial charge in [-0.15, -0.1) is 0 Å². The van der Waals surface area contributed by atoms with Crippen molar-refractivity contribution >= 4 is 75.6 Å². The van der Waals surface area contributed by atoms with E-state index in [1.165, 1.54) is 0 Å². The van der Waals surface area contributed by atoms with Crippen molar-refractivity contribution in [2.24, 2.45) is 0 Å². The summed E-state index contributed by atoms with van der Waals surface area (Å²) < 4.78 is 15.8. The van der Waals surface area contributed by atoms with Gasteiger partial charge in [-0.25, -0.2) is 4.39 Å². The molecule has 34 heavy (non-hydrogen) atoms. The molecular formula is C24H16Cl4FN3S2. The number of hydrogen-bond donors (Lipinski definition) is 1. The minimum absolute atomic E-state index is 0.0710. The molecule has 174 valence electrons. The number of nitriles is 2. The van der Waals surface area contributed by atoms with E-state index in [1.54, 1.807) is 36.4 Å². The molecule has 0 aromatic heterocycles. The summed E-state index contributed by atoms with van der Waals surface area (Å²) in [6, 6.07) is 13.6. The number of nitrogens with zero attached hydrogens (tertiary/aromatic N) is 2. The third-order valence-corrected chi connectivity index (χ3v) is 8.42. The number of benzene rings is 3. The average molecular weight is 571 g/mol. The molecule has 3 aromatic rings. The fraction of sp³-hybridized carbons (Fsp3) is 0.167. The van der Waals surface area contributed by atoms with E-state index in [2.05, 4.69) is 5.32 Å². The molecule has 0 aliphatic carbocycles. The highest BCUT2D eigenvalue weighted by molar-refractivity contribution is 8.02. The van der Waals surface area contributed by atoms with Crippen LogP contribution in [0.15, 0.2) is 56.0 Å². The number of unbranched alkanes of at least 4 members (excludes halogenated alkanes) is 1. The number of nitrogens with one attached hydrogen (secondary N) is 1. The summed E-state index contributed by atoms with van der Waals surface area (Å²) in [4.78, 5) is 1.59. The summed E-state index contributed by atoms with van der Waals surface area (Å²) in [5.41, 5.74) is -0.0578. The van der Waals surface area contributed by atoms with E-state index < -0.39 is 5.82 Å². The zero-order chi connectivity index (χ0) is 24.8. The molecule has 0 fully saturated rings. The maximum atomic E-state index is 15.8. The van der Waals surface area contributed by atoms with Gasteiger partial charge in [0, 0.05) is 26.4 Å². The van der Waals surface area contributed by atoms with E-state index >= 15 is 4.39 Å². The van der Waals surface area contributed by atoms with Crippen LogP contribution in [0.1, 0.15) is 30.9 Å². The third kappa shape index (κ3) is 6.07. The van der Waals surface area contributed by atoms with Crippen molar-refractivity contribution in [3.63, 3.8) is 0 Å². The van der Waals surface area contributed by atoms with Gasteiger partial charge in [0.2, 0.25) is 0 Å². The van der Waals surface area contributed by atoms with Crippen LogP contribution in [0.2, 0.25) is 20.1 Å². The molecule has 0 aliphatic heterocycles. The molecule has 1 N–H and O–H groups in total. The Balaban J connectivity index is 2.31. The zero-order valence-corrected chi connectivity index (χ0v) is 22.3. The lowest BCUT2D eigenvalue weighted by Crippen LogP contribution is -2.08. The van der Waals surface area contributed by atoms with Crippen LogP contribution in [0, 0.1) is 28.5 Å². The molecule has 0 bridgehead atoms. The standard InChI is InChI=1S/C24H16Cl4FN3S2/c1-2-3-8-32-22-16(12-31)15(11-30)21(29)23(33-19-9-13(25)4-6-17(19)27)24(22)34-20-10-14(26)5-7-18(20)28/h4-7,9-10,32H,2-3,8H2,1H3. The molecule has 3 rings (SSSR count). The molecule has 0 amide bonds. The maximum Gasteiger partial charge on any atom is 0.157 e. The SMILES string of the molecule is CCCCNc1c(C#N)c(C#N)c(F)c(Sc2cc(Cl)ccc2Cl)c1Sc1cc(Cl)ccc1Cl. The normalized spacial score (nSPS) is 10.6. The molecule has 3 nitrogen and oxygen atoms in total. The molecule has 3 aromatic carbocycles. The fourth-order valence-electron chi connectivity index (χ4n) is 2.97. The Labute approximate surface area is 226 Å². The van der Waals surface area contributed by atoms with E-state index in [4.69, 9.17) is 46.4 Å². The molecule has 0 unspecified atom stereocenters. The van der Waals surface area contributed by atoms with Crippen LogP contribution >= 0.6 is 69.9 Å². The molecule has 0 heterocycles. The lowest BCUT2D eigenvalue weighted by atomic mass is 10.1. The minimum Gasteiger partial charge on any atom is -0.383 e. The second kappa shape index (κ2) is 12.3. The van der Waals surface area contributed by atoms with Gasteiger partial charge in [-0.1, -0.05) is 83.3 Å². The van der Waals surface area contributed by atoms with Crippen LogP contribution < -0.4 is 5.32 Å². The lowest BCUT2D eigenvalue weighted by Gasteiger charge is -2.20. The van der Waals surface area contributed by atoms with Gasteiger partial charge >= 0.3 is 0 Å². The van der Waals surface area contributed by atoms with Gasteiger partial charge < -0.3 is 5.32 Å². The van der Waals surface area contributed by atoms with E-state index in [0.29, 0.717) is 47.0 Å². The third-order valence-electron chi connectivity index (χ3n) is 4.62. The second-order valence-electron chi connectivity index (χ2n) is 6.95. The molecule has 0 saturated heterocycles. The van der Waals surface area contributed by atoms with Crippen molar-refractivity contribution in [3.05, 3.63) is 73.4 Å². The van der Waals surface area contributed by atoms with E-state index in [-0.39, 0.29) is 16.0 Å². The van der Waals surface area contributed by atoms with Gasteiger partial charge in [-0.2, -0.15) is 10.5 Å². The van der Waals surface area contributed by atoms with Crippen LogP contribution in [0.5, 0.6) is 0 Å². The Bertz CT molecular complexity index is 1320. The van der Waals surface area contributed by atoms with E-state index in [1.807, 2.05) is 19.1 Å². The van der Waals surface area contributed by atoms with Crippen LogP contribution in [-0.2, 0) is 0 Å². The van der Waals surface area contributed by atoms with Gasteiger partial charge in [-0.05, 0) is 42.8 Å². The lowest BCUT2D eigenvalue weighted by molar-refractivity contribution is 0.590. The first-order valence-corrected chi connectivity index (χ1v) is 13.1. The molecular weight excluding hydrogens is 555 g/mol. The van der Waals surface area contributed by atoms with Crippen molar-refractivity contribution < 1.29 is 4.39 Å². The fourth-order valence-corrected chi connectivity index (χ4v) is 6.15. The van der Waals surface area contributed by atoms with Crippen LogP contribution in [0.4, 0.5) is 10.1 Å². The molecule has 10 heteroatoms. The summed E-state index contributed by atoms with van der Waals surface area (Å²) in [5, 5.41) is 24.4. The quantitative estimate of drug-likeness (QED) is 0.273. The predicted octanol–water partition coefficient (Wildman–Crippen LogP) is 9.70. The van der Waals surface area contributed by atoms with Crippen molar-refractivity contribution in [1.82, 2.24) is 0 Å². The number of halogens is 5. The topological polar surface area (TPSA) is 59.6 Å². The van der Waals surface area contributed by atoms with Gasteiger partial charge in [0.1, 0.15) is 17.7 Å². The molecule has 0 spiro atoms. The zero-order valence-electron chi connectivity index (χ0n) is 17.7. The van der Waals surface area contributed by atoms with Crippen LogP contribution in [0.25, 0.3) is 0 Å². The first-order valence-electron chi connectivity index (χ1n) is 10.00. The van der Waals surface area contributed by atoms with Crippen molar-refractivity contribution in [2.75, 3.05) is 11.9 Å². The largest absolute Gasteiger partial charge is 0.383 e. The highest BCUT2D eigenvalue weighted by Crippen LogP contribution is 2.50. The van der Waals surface area contributed by atoms with Gasteiger partial charge in [0.15, 0.2) is 5.82 Å². The number of anilines is 1. The van der Waals surface area contributed by atoms with Gasteiger partial charge in [0.25, 0.3) is 0 Å². The Morgan fingerprint density at radius 2 is 1.38 bits per heavy atom. The van der Waals surface area contributed by atoms with Crippen LogP contribution in [0.3, 0.4) is 0 Å². The Kier molecular flexibility index (Phi) is 9.68. The summed E-state index contributed by atoms with van der Waals surface area (Å²) in [5.74, 6) is -0.818. The van der Waals surface area contributed by atoms with Crippen molar-refractivity contribution in [1.29, 1.82) is 10.5 Å². The highest BCUT2D eigenvalue weighted by atomic mass is 35.5. The molecule has 0 radical (unpaired) electrons. The Hall–Kier alpha value is -1.77. The van der Waals surface area contributed by atoms with Gasteiger partial charge in [0.05, 0.1) is 31.1 Å². The monoisotopic (exact) mass is 569 g/mol. The van der Waals surface area contributed by atoms with Crippen LogP contribution in [-0.4, -0.2) is 6.54 Å². The average Bonchev–Trinajstić information content (AvgIpc) is 2.81. The first-order chi connectivity index (χ1) is 16.3. The predicted molar refractivity (Wildman–Crippen MR) is 140 cm³/mol. The Morgan fingerprint density at radius 1 is 0.853 bits per heavy atom. The van der Waals surface area contributed by atoms with E-state index in [0.717, 1.165) is 36.4 Å². The van der Waals surface area contributed by atoms with Gasteiger partial charge in [-0.3, -0.25) is 0 Å². The number of rotatable bonds is 8. The highest BCUT2D eigenvalue weighted by Gasteiger charge is 2.27. The molecule has 0 atom stereocenters. The Morgan fingerprint density at radius 3 is 1.88 bits per heavy atom. The summed E-state index contributed by atoms with van der Waals surface area (Å²) in [6.07, 6.45) is 1.72. The van der Waals surface area contributed by atoms with E-state index in [9.17, 15) is 10.5 Å². The second-order valence-corrected chi connectivity index (χ2v) is 10.7. The smallest absolute Gasteiger partial charge is 0.157 e.